The van der Waals surface area contributed by atoms with Crippen molar-refractivity contribution < 1.29 is 14.3 Å². The third kappa shape index (κ3) is 6.11. The van der Waals surface area contributed by atoms with Crippen LogP contribution in [0.15, 0.2) is 42.5 Å². The van der Waals surface area contributed by atoms with Gasteiger partial charge < -0.3 is 14.8 Å². The first-order valence-corrected chi connectivity index (χ1v) is 10.4. The van der Waals surface area contributed by atoms with Gasteiger partial charge in [-0.1, -0.05) is 52.0 Å². The largest absolute Gasteiger partial charge is 0.490 e. The van der Waals surface area contributed by atoms with E-state index in [1.54, 1.807) is 12.2 Å². The zero-order valence-corrected chi connectivity index (χ0v) is 18.4. The lowest BCUT2D eigenvalue weighted by Crippen LogP contribution is -2.13. The van der Waals surface area contributed by atoms with Crippen molar-refractivity contribution in [1.82, 2.24) is 0 Å². The third-order valence-electron chi connectivity index (χ3n) is 4.62. The van der Waals surface area contributed by atoms with Gasteiger partial charge in [0.25, 0.3) is 0 Å². The number of hydrogen-bond donors (Lipinski definition) is 1. The number of carbonyl (C=O) groups excluding carboxylic acids is 1. The second-order valence-electron chi connectivity index (χ2n) is 7.52. The predicted octanol–water partition coefficient (Wildman–Crippen LogP) is 6.38. The second kappa shape index (κ2) is 10.7. The van der Waals surface area contributed by atoms with E-state index in [1.165, 1.54) is 0 Å². The fraction of sp³-hybridized carbons (Fsp3) is 0.400. The van der Waals surface area contributed by atoms with Gasteiger partial charge in [-0.25, -0.2) is 0 Å². The maximum Gasteiger partial charge on any atom is 0.248 e. The Balaban J connectivity index is 2.23. The molecular weight excluding hydrogens is 362 g/mol. The molecule has 0 aliphatic heterocycles. The molecule has 1 amide bonds. The molecule has 0 radical (unpaired) electrons. The van der Waals surface area contributed by atoms with Crippen molar-refractivity contribution in [3.63, 3.8) is 0 Å². The number of ether oxygens (including phenoxy) is 2. The van der Waals surface area contributed by atoms with E-state index in [0.717, 1.165) is 22.4 Å². The maximum atomic E-state index is 12.7. The molecule has 0 atom stereocenters. The molecule has 2 aromatic rings. The highest BCUT2D eigenvalue weighted by Gasteiger charge is 2.15. The van der Waals surface area contributed by atoms with E-state index in [4.69, 9.17) is 9.47 Å². The van der Waals surface area contributed by atoms with Gasteiger partial charge in [0, 0.05) is 11.8 Å². The molecule has 1 N–H and O–H groups in total. The van der Waals surface area contributed by atoms with Crippen LogP contribution in [-0.4, -0.2) is 19.1 Å². The Morgan fingerprint density at radius 2 is 1.52 bits per heavy atom. The van der Waals surface area contributed by atoms with Gasteiger partial charge in [-0.3, -0.25) is 4.79 Å². The van der Waals surface area contributed by atoms with Gasteiger partial charge in [-0.2, -0.15) is 0 Å². The quantitative estimate of drug-likeness (QED) is 0.501. The van der Waals surface area contributed by atoms with Crippen LogP contribution in [-0.2, 0) is 4.79 Å². The van der Waals surface area contributed by atoms with E-state index in [0.29, 0.717) is 36.5 Å². The fourth-order valence-corrected chi connectivity index (χ4v) is 3.20. The number of rotatable bonds is 9. The molecule has 0 aromatic heterocycles. The molecule has 0 unspecified atom stereocenters. The Kier molecular flexibility index (Phi) is 8.32. The summed E-state index contributed by atoms with van der Waals surface area (Å²) >= 11 is 0. The van der Waals surface area contributed by atoms with Crippen LogP contribution in [0.3, 0.4) is 0 Å². The summed E-state index contributed by atoms with van der Waals surface area (Å²) in [5.74, 6) is 1.90. The third-order valence-corrected chi connectivity index (χ3v) is 4.62. The molecule has 0 fully saturated rings. The molecule has 0 heterocycles. The minimum atomic E-state index is -0.146. The van der Waals surface area contributed by atoms with Crippen LogP contribution in [0.1, 0.15) is 70.1 Å². The summed E-state index contributed by atoms with van der Waals surface area (Å²) in [6, 6.07) is 11.9. The lowest BCUT2D eigenvalue weighted by Gasteiger charge is -2.19. The van der Waals surface area contributed by atoms with Gasteiger partial charge in [-0.15, -0.1) is 0 Å². The normalized spacial score (nSPS) is 11.3. The Morgan fingerprint density at radius 1 is 0.931 bits per heavy atom. The van der Waals surface area contributed by atoms with Crippen LogP contribution in [0, 0.1) is 0 Å². The smallest absolute Gasteiger partial charge is 0.248 e. The van der Waals surface area contributed by atoms with Crippen molar-refractivity contribution >= 4 is 17.7 Å². The number of anilines is 1. The number of amides is 1. The molecule has 0 aliphatic rings. The maximum absolute atomic E-state index is 12.7. The zero-order chi connectivity index (χ0) is 21.4. The minimum absolute atomic E-state index is 0.146. The van der Waals surface area contributed by atoms with Crippen LogP contribution in [0.5, 0.6) is 11.5 Å². The summed E-state index contributed by atoms with van der Waals surface area (Å²) < 4.78 is 11.2. The van der Waals surface area contributed by atoms with Gasteiger partial charge in [0.15, 0.2) is 11.5 Å². The molecule has 4 nitrogen and oxygen atoms in total. The second-order valence-corrected chi connectivity index (χ2v) is 7.52. The van der Waals surface area contributed by atoms with Crippen LogP contribution in [0.25, 0.3) is 6.08 Å². The Morgan fingerprint density at radius 3 is 2.07 bits per heavy atom. The van der Waals surface area contributed by atoms with Crippen molar-refractivity contribution in [2.45, 2.75) is 53.4 Å². The van der Waals surface area contributed by atoms with Gasteiger partial charge in [-0.05, 0) is 60.6 Å². The lowest BCUT2D eigenvalue weighted by molar-refractivity contribution is -0.111. The topological polar surface area (TPSA) is 47.6 Å². The van der Waals surface area contributed by atoms with Crippen molar-refractivity contribution in [2.75, 3.05) is 18.5 Å². The lowest BCUT2D eigenvalue weighted by atomic mass is 9.92. The number of nitrogens with one attached hydrogen (secondary N) is 1. The summed E-state index contributed by atoms with van der Waals surface area (Å²) in [5.41, 5.74) is 4.11. The van der Waals surface area contributed by atoms with Crippen LogP contribution in [0.2, 0.25) is 0 Å². The van der Waals surface area contributed by atoms with Gasteiger partial charge >= 0.3 is 0 Å². The van der Waals surface area contributed by atoms with E-state index in [1.807, 2.05) is 32.0 Å². The molecule has 4 heteroatoms. The van der Waals surface area contributed by atoms with Gasteiger partial charge in [0.05, 0.1) is 13.2 Å². The molecular formula is C25H33NO3. The van der Waals surface area contributed by atoms with Gasteiger partial charge in [0.1, 0.15) is 0 Å². The highest BCUT2D eigenvalue weighted by Crippen LogP contribution is 2.32. The van der Waals surface area contributed by atoms with Crippen molar-refractivity contribution in [3.8, 4) is 11.5 Å². The molecule has 0 bridgehead atoms. The first kappa shape index (κ1) is 22.5. The highest BCUT2D eigenvalue weighted by atomic mass is 16.5. The predicted molar refractivity (Wildman–Crippen MR) is 121 cm³/mol. The van der Waals surface area contributed by atoms with Crippen molar-refractivity contribution in [1.29, 1.82) is 0 Å². The first-order valence-electron chi connectivity index (χ1n) is 10.4. The summed E-state index contributed by atoms with van der Waals surface area (Å²) in [6.07, 6.45) is 3.35. The Hall–Kier alpha value is -2.75. The first-order chi connectivity index (χ1) is 13.9. The van der Waals surface area contributed by atoms with Crippen LogP contribution < -0.4 is 14.8 Å². The molecule has 2 rings (SSSR count). The molecule has 0 spiro atoms. The molecule has 2 aromatic carbocycles. The fourth-order valence-electron chi connectivity index (χ4n) is 3.20. The zero-order valence-electron chi connectivity index (χ0n) is 18.4. The number of carbonyl (C=O) groups is 1. The molecule has 29 heavy (non-hydrogen) atoms. The summed E-state index contributed by atoms with van der Waals surface area (Å²) in [7, 11) is 0. The number of benzene rings is 2. The minimum Gasteiger partial charge on any atom is -0.490 e. The van der Waals surface area contributed by atoms with Crippen LogP contribution >= 0.6 is 0 Å². The average Bonchev–Trinajstić information content (AvgIpc) is 2.68. The SMILES string of the molecule is CCOc1ccc(/C=C\C(=O)Nc2c(C(C)C)cccc2C(C)C)cc1OCC. The van der Waals surface area contributed by atoms with E-state index >= 15 is 0 Å². The van der Waals surface area contributed by atoms with E-state index in [-0.39, 0.29) is 5.91 Å². The molecule has 0 saturated carbocycles. The summed E-state index contributed by atoms with van der Waals surface area (Å²) in [4.78, 5) is 12.7. The van der Waals surface area contributed by atoms with Crippen molar-refractivity contribution in [2.24, 2.45) is 0 Å². The van der Waals surface area contributed by atoms with Crippen molar-refractivity contribution in [3.05, 3.63) is 59.2 Å². The Labute approximate surface area is 174 Å². The van der Waals surface area contributed by atoms with E-state index in [9.17, 15) is 4.79 Å². The average molecular weight is 396 g/mol. The number of hydrogen-bond acceptors (Lipinski definition) is 3. The highest BCUT2D eigenvalue weighted by molar-refractivity contribution is 6.03. The van der Waals surface area contributed by atoms with Gasteiger partial charge in [0.2, 0.25) is 5.91 Å². The molecule has 0 aliphatic carbocycles. The van der Waals surface area contributed by atoms with Crippen LogP contribution in [0.4, 0.5) is 5.69 Å². The molecule has 156 valence electrons. The molecule has 0 saturated heterocycles. The Bertz CT molecular complexity index is 827. The number of para-hydroxylation sites is 1. The van der Waals surface area contributed by atoms with E-state index < -0.39 is 0 Å². The monoisotopic (exact) mass is 395 g/mol. The summed E-state index contributed by atoms with van der Waals surface area (Å²) in [5, 5.41) is 3.10. The standard InChI is InChI=1S/C25H33NO3/c1-7-28-22-14-12-19(16-23(22)29-8-2)13-15-24(27)26-25-20(17(3)4)10-9-11-21(25)18(5)6/h9-18H,7-8H2,1-6H3,(H,26,27)/b15-13-. The van der Waals surface area contributed by atoms with E-state index in [2.05, 4.69) is 51.2 Å². The summed E-state index contributed by atoms with van der Waals surface area (Å²) in [6.45, 7) is 13.6.